The Balaban J connectivity index is 2.45. The number of ether oxygens (including phenoxy) is 1. The lowest BCUT2D eigenvalue weighted by Crippen LogP contribution is -2.45. The summed E-state index contributed by atoms with van der Waals surface area (Å²) in [7, 11) is -1.04. The molecule has 0 aromatic heterocycles. The molecule has 0 atom stereocenters. The molecule has 0 unspecified atom stereocenters. The van der Waals surface area contributed by atoms with Crippen molar-refractivity contribution in [1.82, 2.24) is 9.03 Å². The molecule has 0 bridgehead atoms. The van der Waals surface area contributed by atoms with Gasteiger partial charge in [-0.15, -0.1) is 0 Å². The fourth-order valence-corrected chi connectivity index (χ4v) is 3.40. The van der Waals surface area contributed by atoms with Crippen LogP contribution < -0.4 is 4.72 Å². The van der Waals surface area contributed by atoms with Gasteiger partial charge in [0.25, 0.3) is 10.2 Å². The number of carbonyl (C=O) groups is 2. The predicted octanol–water partition coefficient (Wildman–Crippen LogP) is -0.0409. The summed E-state index contributed by atoms with van der Waals surface area (Å²) >= 11 is 0. The molecule has 9 heteroatoms. The number of nitrogens with zero attached hydrogens (tertiary/aromatic N) is 1. The van der Waals surface area contributed by atoms with Crippen LogP contribution in [-0.4, -0.2) is 56.5 Å². The van der Waals surface area contributed by atoms with Crippen LogP contribution in [0.2, 0.25) is 0 Å². The van der Waals surface area contributed by atoms with Gasteiger partial charge < -0.3 is 9.84 Å². The Labute approximate surface area is 124 Å². The van der Waals surface area contributed by atoms with E-state index in [9.17, 15) is 18.0 Å². The molecule has 0 aromatic carbocycles. The molecule has 1 aliphatic carbocycles. The van der Waals surface area contributed by atoms with Crippen LogP contribution >= 0.6 is 0 Å². The van der Waals surface area contributed by atoms with Gasteiger partial charge >= 0.3 is 11.9 Å². The van der Waals surface area contributed by atoms with Crippen LogP contribution in [0.25, 0.3) is 0 Å². The third kappa shape index (κ3) is 5.60. The van der Waals surface area contributed by atoms with Gasteiger partial charge in [0.05, 0.1) is 19.4 Å². The maximum atomic E-state index is 12.1. The summed E-state index contributed by atoms with van der Waals surface area (Å²) in [6.07, 6.45) is 1.92. The van der Waals surface area contributed by atoms with Crippen molar-refractivity contribution in [3.8, 4) is 0 Å². The first-order valence-corrected chi connectivity index (χ1v) is 8.23. The van der Waals surface area contributed by atoms with Crippen LogP contribution in [0.15, 0.2) is 0 Å². The summed E-state index contributed by atoms with van der Waals surface area (Å²) in [5, 5.41) is 8.90. The van der Waals surface area contributed by atoms with Crippen molar-refractivity contribution in [2.45, 2.75) is 38.1 Å². The third-order valence-electron chi connectivity index (χ3n) is 3.66. The molecule has 21 heavy (non-hydrogen) atoms. The number of esters is 1. The summed E-state index contributed by atoms with van der Waals surface area (Å²) in [5.41, 5.74) is 0. The van der Waals surface area contributed by atoms with Crippen molar-refractivity contribution >= 4 is 22.1 Å². The molecule has 1 saturated carbocycles. The van der Waals surface area contributed by atoms with Crippen LogP contribution in [0.4, 0.5) is 0 Å². The summed E-state index contributed by atoms with van der Waals surface area (Å²) in [4.78, 5) is 21.9. The number of nitrogens with one attached hydrogen (secondary N) is 1. The first-order chi connectivity index (χ1) is 9.76. The second-order valence-electron chi connectivity index (χ2n) is 5.16. The zero-order chi connectivity index (χ0) is 16.0. The highest BCUT2D eigenvalue weighted by Crippen LogP contribution is 2.25. The molecule has 2 N–H and O–H groups in total. The number of aliphatic carboxylic acids is 1. The highest BCUT2D eigenvalue weighted by Gasteiger charge is 2.29. The average Bonchev–Trinajstić information content (AvgIpc) is 2.44. The summed E-state index contributed by atoms with van der Waals surface area (Å²) in [6.45, 7) is 0.0342. The fraction of sp³-hybridized carbons (Fsp3) is 0.833. The van der Waals surface area contributed by atoms with E-state index in [-0.39, 0.29) is 24.9 Å². The van der Waals surface area contributed by atoms with E-state index >= 15 is 0 Å². The summed E-state index contributed by atoms with van der Waals surface area (Å²) < 4.78 is 32.2. The summed E-state index contributed by atoms with van der Waals surface area (Å²) in [6, 6.07) is -0.258. The lowest BCUT2D eigenvalue weighted by atomic mass is 9.87. The Morgan fingerprint density at radius 1 is 1.29 bits per heavy atom. The highest BCUT2D eigenvalue weighted by atomic mass is 32.2. The maximum Gasteiger partial charge on any atom is 0.306 e. The quantitative estimate of drug-likeness (QED) is 0.636. The van der Waals surface area contributed by atoms with E-state index in [1.807, 2.05) is 0 Å². The Bertz CT molecular complexity index is 470. The molecule has 1 rings (SSSR count). The molecule has 0 radical (unpaired) electrons. The Morgan fingerprint density at radius 2 is 1.86 bits per heavy atom. The molecule has 0 aliphatic heterocycles. The van der Waals surface area contributed by atoms with Gasteiger partial charge in [0, 0.05) is 19.6 Å². The highest BCUT2D eigenvalue weighted by molar-refractivity contribution is 7.87. The topological polar surface area (TPSA) is 113 Å². The SMILES string of the molecule is COC(=O)CCN(C)S(=O)(=O)NC1CCC(C(=O)O)CC1. The van der Waals surface area contributed by atoms with Gasteiger partial charge in [-0.25, -0.2) is 0 Å². The van der Waals surface area contributed by atoms with Crippen molar-refractivity contribution in [2.75, 3.05) is 20.7 Å². The second-order valence-corrected chi connectivity index (χ2v) is 6.97. The maximum absolute atomic E-state index is 12.1. The lowest BCUT2D eigenvalue weighted by Gasteiger charge is -2.28. The van der Waals surface area contributed by atoms with E-state index in [1.165, 1.54) is 14.2 Å². The van der Waals surface area contributed by atoms with Gasteiger partial charge in [-0.2, -0.15) is 17.4 Å². The van der Waals surface area contributed by atoms with E-state index in [0.29, 0.717) is 25.7 Å². The van der Waals surface area contributed by atoms with Crippen molar-refractivity contribution < 1.29 is 27.9 Å². The van der Waals surface area contributed by atoms with E-state index in [4.69, 9.17) is 5.11 Å². The van der Waals surface area contributed by atoms with Crippen LogP contribution in [-0.2, 0) is 24.5 Å². The number of carbonyl (C=O) groups excluding carboxylic acids is 1. The largest absolute Gasteiger partial charge is 0.481 e. The van der Waals surface area contributed by atoms with Crippen molar-refractivity contribution in [1.29, 1.82) is 0 Å². The number of carboxylic acids is 1. The second kappa shape index (κ2) is 7.71. The van der Waals surface area contributed by atoms with Gasteiger partial charge in [-0.1, -0.05) is 0 Å². The molecule has 0 aromatic rings. The normalized spacial score (nSPS) is 23.0. The number of rotatable bonds is 7. The third-order valence-corrected chi connectivity index (χ3v) is 5.30. The number of hydrogen-bond donors (Lipinski definition) is 2. The minimum absolute atomic E-state index is 0.0142. The fourth-order valence-electron chi connectivity index (χ4n) is 2.23. The Hall–Kier alpha value is -1.19. The van der Waals surface area contributed by atoms with Crippen LogP contribution in [0, 0.1) is 5.92 Å². The van der Waals surface area contributed by atoms with Gasteiger partial charge in [-0.3, -0.25) is 9.59 Å². The van der Waals surface area contributed by atoms with Crippen LogP contribution in [0.1, 0.15) is 32.1 Å². The van der Waals surface area contributed by atoms with Gasteiger partial charge in [0.15, 0.2) is 0 Å². The molecular formula is C12H22N2O6S. The first kappa shape index (κ1) is 17.9. The molecule has 1 aliphatic rings. The minimum Gasteiger partial charge on any atom is -0.481 e. The average molecular weight is 322 g/mol. The predicted molar refractivity (Wildman–Crippen MR) is 74.7 cm³/mol. The van der Waals surface area contributed by atoms with E-state index in [2.05, 4.69) is 9.46 Å². The Kier molecular flexibility index (Phi) is 6.56. The Morgan fingerprint density at radius 3 is 2.33 bits per heavy atom. The molecule has 0 saturated heterocycles. The number of carboxylic acid groups (broad SMARTS) is 1. The molecule has 1 fully saturated rings. The lowest BCUT2D eigenvalue weighted by molar-refractivity contribution is -0.143. The van der Waals surface area contributed by atoms with Gasteiger partial charge in [0.1, 0.15) is 0 Å². The van der Waals surface area contributed by atoms with Crippen LogP contribution in [0.3, 0.4) is 0 Å². The molecule has 8 nitrogen and oxygen atoms in total. The van der Waals surface area contributed by atoms with Crippen LogP contribution in [0.5, 0.6) is 0 Å². The number of methoxy groups -OCH3 is 1. The molecule has 0 amide bonds. The number of hydrogen-bond acceptors (Lipinski definition) is 5. The zero-order valence-corrected chi connectivity index (χ0v) is 13.1. The summed E-state index contributed by atoms with van der Waals surface area (Å²) in [5.74, 6) is -1.69. The van der Waals surface area contributed by atoms with E-state index in [0.717, 1.165) is 4.31 Å². The van der Waals surface area contributed by atoms with Crippen molar-refractivity contribution in [3.05, 3.63) is 0 Å². The van der Waals surface area contributed by atoms with Gasteiger partial charge in [0.2, 0.25) is 0 Å². The van der Waals surface area contributed by atoms with E-state index in [1.54, 1.807) is 0 Å². The minimum atomic E-state index is -3.67. The molecule has 0 spiro atoms. The van der Waals surface area contributed by atoms with Crippen molar-refractivity contribution in [3.63, 3.8) is 0 Å². The smallest absolute Gasteiger partial charge is 0.306 e. The monoisotopic (exact) mass is 322 g/mol. The molecule has 0 heterocycles. The zero-order valence-electron chi connectivity index (χ0n) is 12.2. The first-order valence-electron chi connectivity index (χ1n) is 6.79. The molecular weight excluding hydrogens is 300 g/mol. The molecule has 122 valence electrons. The van der Waals surface area contributed by atoms with Crippen molar-refractivity contribution in [2.24, 2.45) is 5.92 Å². The van der Waals surface area contributed by atoms with Gasteiger partial charge in [-0.05, 0) is 25.7 Å². The standard InChI is InChI=1S/C12H22N2O6S/c1-14(8-7-11(15)20-2)21(18,19)13-10-5-3-9(4-6-10)12(16)17/h9-10,13H,3-8H2,1-2H3,(H,16,17). The van der Waals surface area contributed by atoms with E-state index < -0.39 is 22.1 Å².